The molecule has 3 nitrogen and oxygen atoms in total. The lowest BCUT2D eigenvalue weighted by Crippen LogP contribution is -2.12. The number of ether oxygens (including phenoxy) is 2. The van der Waals surface area contributed by atoms with Crippen LogP contribution in [0.2, 0.25) is 0 Å². The molecule has 0 aliphatic rings. The molecule has 0 rings (SSSR count). The minimum Gasteiger partial charge on any atom is -0.464 e. The highest BCUT2D eigenvalue weighted by Crippen LogP contribution is 1.83. The third kappa shape index (κ3) is 6.88. The van der Waals surface area contributed by atoms with Crippen LogP contribution >= 0.6 is 0 Å². The van der Waals surface area contributed by atoms with Crippen LogP contribution in [0.5, 0.6) is 0 Å². The molecule has 0 aliphatic carbocycles. The molecular formula is C8H12O3. The summed E-state index contributed by atoms with van der Waals surface area (Å²) in [6.45, 7) is 2.54. The van der Waals surface area contributed by atoms with E-state index in [1.54, 1.807) is 6.92 Å². The molecule has 11 heavy (non-hydrogen) atoms. The highest BCUT2D eigenvalue weighted by Gasteiger charge is 1.99. The first-order valence-corrected chi connectivity index (χ1v) is 3.48. The quantitative estimate of drug-likeness (QED) is 0.332. The maximum absolute atomic E-state index is 10.6. The van der Waals surface area contributed by atoms with Crippen molar-refractivity contribution in [3.8, 4) is 12.3 Å². The van der Waals surface area contributed by atoms with Crippen molar-refractivity contribution >= 4 is 5.97 Å². The first kappa shape index (κ1) is 9.99. The van der Waals surface area contributed by atoms with Crippen LogP contribution in [0.1, 0.15) is 13.3 Å². The summed E-state index contributed by atoms with van der Waals surface area (Å²) in [7, 11) is 0. The van der Waals surface area contributed by atoms with E-state index >= 15 is 0 Å². The lowest BCUT2D eigenvalue weighted by atomic mass is 10.5. The molecule has 0 radical (unpaired) electrons. The molecule has 0 saturated carbocycles. The lowest BCUT2D eigenvalue weighted by Gasteiger charge is -2.00. The molecule has 0 N–H and O–H groups in total. The Morgan fingerprint density at radius 1 is 1.64 bits per heavy atom. The molecule has 0 amide bonds. The monoisotopic (exact) mass is 156 g/mol. The van der Waals surface area contributed by atoms with Crippen molar-refractivity contribution in [3.05, 3.63) is 0 Å². The molecule has 62 valence electrons. The average Bonchev–Trinajstić information content (AvgIpc) is 1.99. The molecule has 0 spiro atoms. The Hall–Kier alpha value is -1.01. The Bertz CT molecular complexity index is 146. The number of rotatable bonds is 5. The summed E-state index contributed by atoms with van der Waals surface area (Å²) in [5, 5.41) is 0. The highest BCUT2D eigenvalue weighted by molar-refractivity contribution is 5.70. The Kier molecular flexibility index (Phi) is 6.45. The van der Waals surface area contributed by atoms with Gasteiger partial charge in [0.2, 0.25) is 0 Å². The van der Waals surface area contributed by atoms with Gasteiger partial charge in [0.05, 0.1) is 13.2 Å². The van der Waals surface area contributed by atoms with Crippen LogP contribution in [-0.4, -0.2) is 25.8 Å². The fourth-order valence-electron chi connectivity index (χ4n) is 0.489. The second-order valence-corrected chi connectivity index (χ2v) is 1.81. The standard InChI is InChI=1S/C8H12O3/c1-3-5-6-10-7-8(9)11-4-2/h1H,4-7H2,2H3. The zero-order chi connectivity index (χ0) is 8.53. The number of carbonyl (C=O) groups is 1. The Morgan fingerprint density at radius 2 is 2.36 bits per heavy atom. The van der Waals surface area contributed by atoms with E-state index in [0.717, 1.165) is 0 Å². The predicted molar refractivity (Wildman–Crippen MR) is 40.9 cm³/mol. The summed E-state index contributed by atoms with van der Waals surface area (Å²) < 4.78 is 9.48. The van der Waals surface area contributed by atoms with Gasteiger partial charge in [0, 0.05) is 6.42 Å². The van der Waals surface area contributed by atoms with Gasteiger partial charge in [-0.25, -0.2) is 4.79 Å². The number of terminal acetylenes is 1. The summed E-state index contributed by atoms with van der Waals surface area (Å²) in [5.41, 5.74) is 0. The van der Waals surface area contributed by atoms with E-state index in [1.165, 1.54) is 0 Å². The number of hydrogen-bond donors (Lipinski definition) is 0. The minimum atomic E-state index is -0.343. The van der Waals surface area contributed by atoms with Gasteiger partial charge in [-0.3, -0.25) is 0 Å². The molecule has 0 unspecified atom stereocenters. The zero-order valence-corrected chi connectivity index (χ0v) is 6.63. The number of hydrogen-bond acceptors (Lipinski definition) is 3. The van der Waals surface area contributed by atoms with Crippen LogP contribution in [0, 0.1) is 12.3 Å². The predicted octanol–water partition coefficient (Wildman–Crippen LogP) is 0.589. The van der Waals surface area contributed by atoms with Crippen molar-refractivity contribution in [1.29, 1.82) is 0 Å². The van der Waals surface area contributed by atoms with Crippen LogP contribution in [0.3, 0.4) is 0 Å². The third-order valence-corrected chi connectivity index (χ3v) is 0.916. The van der Waals surface area contributed by atoms with Crippen LogP contribution in [0.25, 0.3) is 0 Å². The van der Waals surface area contributed by atoms with Gasteiger partial charge in [0.25, 0.3) is 0 Å². The number of carbonyl (C=O) groups excluding carboxylic acids is 1. The third-order valence-electron chi connectivity index (χ3n) is 0.916. The first-order chi connectivity index (χ1) is 5.31. The summed E-state index contributed by atoms with van der Waals surface area (Å²) >= 11 is 0. The van der Waals surface area contributed by atoms with Gasteiger partial charge in [-0.2, -0.15) is 0 Å². The lowest BCUT2D eigenvalue weighted by molar-refractivity contribution is -0.148. The van der Waals surface area contributed by atoms with E-state index in [9.17, 15) is 4.79 Å². The Balaban J connectivity index is 3.12. The van der Waals surface area contributed by atoms with Gasteiger partial charge >= 0.3 is 5.97 Å². The molecule has 0 atom stereocenters. The summed E-state index contributed by atoms with van der Waals surface area (Å²) in [6, 6.07) is 0. The fraction of sp³-hybridized carbons (Fsp3) is 0.625. The van der Waals surface area contributed by atoms with Gasteiger partial charge in [-0.05, 0) is 6.92 Å². The topological polar surface area (TPSA) is 35.5 Å². The van der Waals surface area contributed by atoms with Crippen LogP contribution in [0.4, 0.5) is 0 Å². The maximum Gasteiger partial charge on any atom is 0.332 e. The summed E-state index contributed by atoms with van der Waals surface area (Å²) in [5.74, 6) is 2.05. The fourth-order valence-corrected chi connectivity index (χ4v) is 0.489. The van der Waals surface area contributed by atoms with Gasteiger partial charge in [0.1, 0.15) is 6.61 Å². The average molecular weight is 156 g/mol. The molecule has 3 heteroatoms. The van der Waals surface area contributed by atoms with E-state index in [-0.39, 0.29) is 12.6 Å². The highest BCUT2D eigenvalue weighted by atomic mass is 16.6. The van der Waals surface area contributed by atoms with Crippen molar-refractivity contribution in [3.63, 3.8) is 0 Å². The van der Waals surface area contributed by atoms with Crippen LogP contribution in [-0.2, 0) is 14.3 Å². The summed E-state index contributed by atoms with van der Waals surface area (Å²) in [6.07, 6.45) is 5.49. The Morgan fingerprint density at radius 3 is 2.91 bits per heavy atom. The van der Waals surface area contributed by atoms with E-state index in [0.29, 0.717) is 19.6 Å². The van der Waals surface area contributed by atoms with Crippen LogP contribution < -0.4 is 0 Å². The van der Waals surface area contributed by atoms with Crippen molar-refractivity contribution in [2.24, 2.45) is 0 Å². The number of esters is 1. The second kappa shape index (κ2) is 7.10. The van der Waals surface area contributed by atoms with Crippen molar-refractivity contribution in [2.75, 3.05) is 19.8 Å². The normalized spacial score (nSPS) is 8.73. The molecule has 0 bridgehead atoms. The molecule has 0 fully saturated rings. The van der Waals surface area contributed by atoms with E-state index in [2.05, 4.69) is 10.7 Å². The molecular weight excluding hydrogens is 144 g/mol. The minimum absolute atomic E-state index is 0.00444. The Labute approximate surface area is 66.7 Å². The molecule has 0 aromatic heterocycles. The van der Waals surface area contributed by atoms with E-state index < -0.39 is 0 Å². The SMILES string of the molecule is C#CCCOCC(=O)OCC. The van der Waals surface area contributed by atoms with Crippen LogP contribution in [0.15, 0.2) is 0 Å². The van der Waals surface area contributed by atoms with Gasteiger partial charge in [-0.1, -0.05) is 0 Å². The van der Waals surface area contributed by atoms with Gasteiger partial charge in [0.15, 0.2) is 0 Å². The van der Waals surface area contributed by atoms with E-state index in [4.69, 9.17) is 11.2 Å². The molecule has 0 saturated heterocycles. The van der Waals surface area contributed by atoms with Crippen molar-refractivity contribution in [1.82, 2.24) is 0 Å². The second-order valence-electron chi connectivity index (χ2n) is 1.81. The van der Waals surface area contributed by atoms with Gasteiger partial charge < -0.3 is 9.47 Å². The molecule has 0 heterocycles. The smallest absolute Gasteiger partial charge is 0.332 e. The summed E-state index contributed by atoms with van der Waals surface area (Å²) in [4.78, 5) is 10.6. The van der Waals surface area contributed by atoms with E-state index in [1.807, 2.05) is 0 Å². The molecule has 0 aliphatic heterocycles. The molecule has 0 aromatic rings. The largest absolute Gasteiger partial charge is 0.464 e. The van der Waals surface area contributed by atoms with Crippen molar-refractivity contribution in [2.45, 2.75) is 13.3 Å². The van der Waals surface area contributed by atoms with Crippen molar-refractivity contribution < 1.29 is 14.3 Å². The van der Waals surface area contributed by atoms with Gasteiger partial charge in [-0.15, -0.1) is 12.3 Å². The maximum atomic E-state index is 10.6. The molecule has 0 aromatic carbocycles. The zero-order valence-electron chi connectivity index (χ0n) is 6.63. The first-order valence-electron chi connectivity index (χ1n) is 3.48.